The molecule has 0 saturated heterocycles. The van der Waals surface area contributed by atoms with Crippen molar-refractivity contribution in [2.75, 3.05) is 6.61 Å². The summed E-state index contributed by atoms with van der Waals surface area (Å²) in [5.41, 5.74) is -0.0812. The van der Waals surface area contributed by atoms with Crippen molar-refractivity contribution in [3.05, 3.63) is 0 Å². The third-order valence-electron chi connectivity index (χ3n) is 2.63. The SMILES string of the molecule is CC(O)C1(CC(O)CO)CC1. The van der Waals surface area contributed by atoms with Crippen molar-refractivity contribution < 1.29 is 15.3 Å². The van der Waals surface area contributed by atoms with Crippen molar-refractivity contribution in [3.63, 3.8) is 0 Å². The number of hydrogen-bond donors (Lipinski definition) is 3. The Morgan fingerprint density at radius 1 is 1.36 bits per heavy atom. The zero-order chi connectivity index (χ0) is 8.48. The van der Waals surface area contributed by atoms with Gasteiger partial charge in [-0.15, -0.1) is 0 Å². The number of aliphatic hydroxyl groups is 3. The van der Waals surface area contributed by atoms with Crippen LogP contribution in [0.25, 0.3) is 0 Å². The minimum absolute atomic E-state index is 0.0812. The van der Waals surface area contributed by atoms with Crippen LogP contribution in [-0.2, 0) is 0 Å². The van der Waals surface area contributed by atoms with Crippen molar-refractivity contribution in [3.8, 4) is 0 Å². The van der Waals surface area contributed by atoms with Crippen LogP contribution < -0.4 is 0 Å². The second-order valence-corrected chi connectivity index (χ2v) is 3.58. The zero-order valence-corrected chi connectivity index (χ0v) is 6.82. The van der Waals surface area contributed by atoms with Gasteiger partial charge in [-0.25, -0.2) is 0 Å². The third-order valence-corrected chi connectivity index (χ3v) is 2.63. The molecule has 0 heterocycles. The molecule has 2 unspecified atom stereocenters. The zero-order valence-electron chi connectivity index (χ0n) is 6.82. The topological polar surface area (TPSA) is 60.7 Å². The summed E-state index contributed by atoms with van der Waals surface area (Å²) in [5, 5.41) is 27.0. The number of aliphatic hydroxyl groups excluding tert-OH is 3. The maximum atomic E-state index is 9.29. The van der Waals surface area contributed by atoms with Gasteiger partial charge >= 0.3 is 0 Å². The van der Waals surface area contributed by atoms with Crippen LogP contribution in [0.2, 0.25) is 0 Å². The Kier molecular flexibility index (Phi) is 2.52. The lowest BCUT2D eigenvalue weighted by Gasteiger charge is -2.20. The molecule has 3 N–H and O–H groups in total. The Bertz CT molecular complexity index is 129. The second kappa shape index (κ2) is 3.09. The lowest BCUT2D eigenvalue weighted by atomic mass is 9.93. The van der Waals surface area contributed by atoms with Crippen LogP contribution in [0.4, 0.5) is 0 Å². The molecule has 3 heteroatoms. The summed E-state index contributed by atoms with van der Waals surface area (Å²) in [6.45, 7) is 1.55. The lowest BCUT2D eigenvalue weighted by Crippen LogP contribution is -2.25. The summed E-state index contributed by atoms with van der Waals surface area (Å²) >= 11 is 0. The maximum absolute atomic E-state index is 9.29. The monoisotopic (exact) mass is 160 g/mol. The molecular formula is C8H16O3. The summed E-state index contributed by atoms with van der Waals surface area (Å²) in [4.78, 5) is 0. The summed E-state index contributed by atoms with van der Waals surface area (Å²) in [5.74, 6) is 0. The number of rotatable bonds is 4. The smallest absolute Gasteiger partial charge is 0.0777 e. The van der Waals surface area contributed by atoms with Gasteiger partial charge in [-0.2, -0.15) is 0 Å². The Labute approximate surface area is 66.7 Å². The molecule has 1 rings (SSSR count). The van der Waals surface area contributed by atoms with Crippen molar-refractivity contribution in [1.82, 2.24) is 0 Å². The van der Waals surface area contributed by atoms with E-state index in [-0.39, 0.29) is 18.1 Å². The highest BCUT2D eigenvalue weighted by molar-refractivity contribution is 4.98. The van der Waals surface area contributed by atoms with E-state index in [4.69, 9.17) is 10.2 Å². The summed E-state index contributed by atoms with van der Waals surface area (Å²) < 4.78 is 0. The quantitative estimate of drug-likeness (QED) is 0.538. The van der Waals surface area contributed by atoms with Gasteiger partial charge in [0.2, 0.25) is 0 Å². The van der Waals surface area contributed by atoms with Gasteiger partial charge in [-0.3, -0.25) is 0 Å². The van der Waals surface area contributed by atoms with Gasteiger partial charge in [0.25, 0.3) is 0 Å². The van der Waals surface area contributed by atoms with Crippen molar-refractivity contribution in [2.24, 2.45) is 5.41 Å². The Hall–Kier alpha value is -0.120. The van der Waals surface area contributed by atoms with E-state index >= 15 is 0 Å². The first-order chi connectivity index (χ1) is 5.10. The Balaban J connectivity index is 2.35. The van der Waals surface area contributed by atoms with Gasteiger partial charge in [0.15, 0.2) is 0 Å². The van der Waals surface area contributed by atoms with Gasteiger partial charge in [0.1, 0.15) is 0 Å². The summed E-state index contributed by atoms with van der Waals surface area (Å²) in [7, 11) is 0. The van der Waals surface area contributed by atoms with Crippen molar-refractivity contribution in [1.29, 1.82) is 0 Å². The van der Waals surface area contributed by atoms with Crippen molar-refractivity contribution in [2.45, 2.75) is 38.4 Å². The number of hydrogen-bond acceptors (Lipinski definition) is 3. The molecule has 0 bridgehead atoms. The first-order valence-corrected chi connectivity index (χ1v) is 4.08. The second-order valence-electron chi connectivity index (χ2n) is 3.58. The lowest BCUT2D eigenvalue weighted by molar-refractivity contribution is 0.0303. The van der Waals surface area contributed by atoms with Crippen LogP contribution in [-0.4, -0.2) is 34.1 Å². The van der Waals surface area contributed by atoms with Crippen LogP contribution >= 0.6 is 0 Å². The normalized spacial score (nSPS) is 26.2. The molecule has 2 atom stereocenters. The molecule has 0 spiro atoms. The first kappa shape index (κ1) is 8.97. The molecule has 0 aliphatic heterocycles. The summed E-state index contributed by atoms with van der Waals surface area (Å²) in [6, 6.07) is 0. The average molecular weight is 160 g/mol. The third kappa shape index (κ3) is 1.92. The van der Waals surface area contributed by atoms with Crippen molar-refractivity contribution >= 4 is 0 Å². The largest absolute Gasteiger partial charge is 0.394 e. The first-order valence-electron chi connectivity index (χ1n) is 4.08. The van der Waals surface area contributed by atoms with Crippen LogP contribution in [0.3, 0.4) is 0 Å². The van der Waals surface area contributed by atoms with Gasteiger partial charge in [-0.1, -0.05) is 0 Å². The molecule has 1 saturated carbocycles. The van der Waals surface area contributed by atoms with Crippen LogP contribution in [0.1, 0.15) is 26.2 Å². The van der Waals surface area contributed by atoms with Gasteiger partial charge in [0, 0.05) is 0 Å². The molecule has 1 aliphatic carbocycles. The maximum Gasteiger partial charge on any atom is 0.0777 e. The van der Waals surface area contributed by atoms with Crippen LogP contribution in [0.5, 0.6) is 0 Å². The molecule has 1 aliphatic rings. The molecule has 66 valence electrons. The molecule has 1 fully saturated rings. The molecule has 0 aromatic heterocycles. The van der Waals surface area contributed by atoms with E-state index in [9.17, 15) is 5.11 Å². The van der Waals surface area contributed by atoms with E-state index in [0.29, 0.717) is 6.42 Å². The standard InChI is InChI=1S/C8H16O3/c1-6(10)8(2-3-8)4-7(11)5-9/h6-7,9-11H,2-5H2,1H3. The molecule has 0 aromatic rings. The van der Waals surface area contributed by atoms with E-state index in [1.54, 1.807) is 6.92 Å². The minimum atomic E-state index is -0.660. The average Bonchev–Trinajstić information content (AvgIpc) is 2.69. The Morgan fingerprint density at radius 2 is 1.91 bits per heavy atom. The van der Waals surface area contributed by atoms with E-state index < -0.39 is 6.10 Å². The highest BCUT2D eigenvalue weighted by atomic mass is 16.3. The molecular weight excluding hydrogens is 144 g/mol. The Morgan fingerprint density at radius 3 is 2.18 bits per heavy atom. The fraction of sp³-hybridized carbons (Fsp3) is 1.00. The fourth-order valence-corrected chi connectivity index (χ4v) is 1.49. The highest BCUT2D eigenvalue weighted by Crippen LogP contribution is 2.52. The molecule has 0 amide bonds. The van der Waals surface area contributed by atoms with Gasteiger partial charge in [0.05, 0.1) is 18.8 Å². The van der Waals surface area contributed by atoms with E-state index in [0.717, 1.165) is 12.8 Å². The predicted octanol–water partition coefficient (Wildman–Crippen LogP) is -0.109. The van der Waals surface area contributed by atoms with Gasteiger partial charge in [-0.05, 0) is 31.6 Å². The predicted molar refractivity (Wildman–Crippen MR) is 41.1 cm³/mol. The summed E-state index contributed by atoms with van der Waals surface area (Å²) in [6.07, 6.45) is 1.46. The van der Waals surface area contributed by atoms with Crippen LogP contribution in [0, 0.1) is 5.41 Å². The molecule has 3 nitrogen and oxygen atoms in total. The van der Waals surface area contributed by atoms with Crippen LogP contribution in [0.15, 0.2) is 0 Å². The molecule has 0 radical (unpaired) electrons. The molecule has 11 heavy (non-hydrogen) atoms. The molecule has 0 aromatic carbocycles. The van der Waals surface area contributed by atoms with E-state index in [1.165, 1.54) is 0 Å². The highest BCUT2D eigenvalue weighted by Gasteiger charge is 2.47. The van der Waals surface area contributed by atoms with Gasteiger partial charge < -0.3 is 15.3 Å². The van der Waals surface area contributed by atoms with E-state index in [2.05, 4.69) is 0 Å². The van der Waals surface area contributed by atoms with E-state index in [1.807, 2.05) is 0 Å². The fourth-order valence-electron chi connectivity index (χ4n) is 1.49. The minimum Gasteiger partial charge on any atom is -0.394 e.